The van der Waals surface area contributed by atoms with E-state index in [1.54, 1.807) is 30.1 Å². The van der Waals surface area contributed by atoms with Crippen molar-refractivity contribution in [2.45, 2.75) is 25.8 Å². The third-order valence-electron chi connectivity index (χ3n) is 7.65. The van der Waals surface area contributed by atoms with Crippen molar-refractivity contribution in [1.29, 1.82) is 0 Å². The van der Waals surface area contributed by atoms with E-state index in [1.165, 1.54) is 33.5 Å². The summed E-state index contributed by atoms with van der Waals surface area (Å²) < 4.78 is 23.3. The Kier molecular flexibility index (Phi) is 10.7. The Balaban J connectivity index is 0.000000598. The van der Waals surface area contributed by atoms with Gasteiger partial charge in [-0.2, -0.15) is 5.10 Å². The van der Waals surface area contributed by atoms with Crippen molar-refractivity contribution in [1.82, 2.24) is 20.1 Å². The zero-order valence-electron chi connectivity index (χ0n) is 25.9. The summed E-state index contributed by atoms with van der Waals surface area (Å²) in [4.78, 5) is 16.3. The van der Waals surface area contributed by atoms with Gasteiger partial charge in [-0.1, -0.05) is 48.0 Å². The van der Waals surface area contributed by atoms with Crippen LogP contribution in [0.2, 0.25) is 5.02 Å². The molecule has 0 aliphatic carbocycles. The number of hydrogen-bond acceptors (Lipinski definition) is 8. The number of hydrogen-bond donors (Lipinski definition) is 1. The number of carbonyl (C=O) groups excluding carboxylic acids is 1. The van der Waals surface area contributed by atoms with Crippen LogP contribution >= 0.6 is 11.6 Å². The molecule has 0 spiro atoms. The lowest BCUT2D eigenvalue weighted by atomic mass is 9.98. The molecule has 1 fully saturated rings. The van der Waals surface area contributed by atoms with Crippen LogP contribution in [-0.4, -0.2) is 62.6 Å². The quantitative estimate of drug-likeness (QED) is 0.172. The molecule has 1 aliphatic rings. The van der Waals surface area contributed by atoms with Crippen molar-refractivity contribution in [2.75, 3.05) is 41.6 Å². The van der Waals surface area contributed by atoms with Crippen LogP contribution in [0, 0.1) is 0 Å². The zero-order chi connectivity index (χ0) is 31.8. The summed E-state index contributed by atoms with van der Waals surface area (Å²) >= 11 is 7.02. The highest BCUT2D eigenvalue weighted by Crippen LogP contribution is 2.40. The molecule has 0 amide bonds. The molecule has 0 unspecified atom stereocenters. The first kappa shape index (κ1) is 32.0. The van der Waals surface area contributed by atoms with Gasteiger partial charge in [-0.15, -0.1) is 0 Å². The van der Waals surface area contributed by atoms with E-state index in [9.17, 15) is 4.79 Å². The summed E-state index contributed by atoms with van der Waals surface area (Å²) in [6, 6.07) is 19.3. The molecule has 3 aromatic carbocycles. The summed E-state index contributed by atoms with van der Waals surface area (Å²) in [5.74, 6) is 1.36. The molecule has 234 valence electrons. The molecule has 6 rings (SSSR count). The Hall–Kier alpha value is -4.44. The molecular formula is C35H37ClN4O5. The average molecular weight is 629 g/mol. The zero-order valence-corrected chi connectivity index (χ0v) is 26.7. The van der Waals surface area contributed by atoms with Crippen LogP contribution in [0.4, 0.5) is 0 Å². The van der Waals surface area contributed by atoms with E-state index >= 15 is 0 Å². The second-order valence-electron chi connectivity index (χ2n) is 10.4. The van der Waals surface area contributed by atoms with Gasteiger partial charge >= 0.3 is 0 Å². The van der Waals surface area contributed by atoms with Gasteiger partial charge in [-0.25, -0.2) is 9.67 Å². The van der Waals surface area contributed by atoms with Crippen molar-refractivity contribution in [3.05, 3.63) is 83.0 Å². The number of aromatic nitrogens is 3. The van der Waals surface area contributed by atoms with E-state index in [0.29, 0.717) is 46.5 Å². The normalized spacial score (nSPS) is 12.7. The lowest BCUT2D eigenvalue weighted by Gasteiger charge is -2.14. The van der Waals surface area contributed by atoms with Crippen LogP contribution in [0.1, 0.15) is 35.2 Å². The van der Waals surface area contributed by atoms with Gasteiger partial charge in [0, 0.05) is 54.0 Å². The van der Waals surface area contributed by atoms with Crippen LogP contribution in [0.3, 0.4) is 0 Å². The summed E-state index contributed by atoms with van der Waals surface area (Å²) in [5.41, 5.74) is 6.14. The van der Waals surface area contributed by atoms with E-state index in [-0.39, 0.29) is 0 Å². The lowest BCUT2D eigenvalue weighted by Crippen LogP contribution is -2.07. The van der Waals surface area contributed by atoms with Crippen molar-refractivity contribution in [2.24, 2.45) is 0 Å². The number of rotatable bonds is 9. The van der Waals surface area contributed by atoms with Crippen LogP contribution in [0.5, 0.6) is 17.4 Å². The van der Waals surface area contributed by atoms with E-state index in [2.05, 4.69) is 10.4 Å². The Morgan fingerprint density at radius 1 is 0.911 bits per heavy atom. The summed E-state index contributed by atoms with van der Waals surface area (Å²) in [7, 11) is 6.51. The van der Waals surface area contributed by atoms with Gasteiger partial charge in [0.15, 0.2) is 6.29 Å². The molecule has 5 aromatic rings. The number of benzene rings is 3. The molecule has 0 radical (unpaired) electrons. The maximum absolute atomic E-state index is 11.6. The molecule has 3 heterocycles. The standard InChI is InChI=1S/C30H27ClN4O4.C5H10O/c1-32-15-18-11-12-25(34-30(18)39-4)22-9-5-8-21(29(22)31)20-7-6-10-26-23(20)16-33-35(26)19-13-27(37-2)24(17-36)28(14-19)38-3;1-2-4-6-5-3-1/h5-14,16-17,32H,15H2,1-4H3;1-5H2. The first-order valence-electron chi connectivity index (χ1n) is 14.8. The van der Waals surface area contributed by atoms with Crippen molar-refractivity contribution in [3.8, 4) is 45.5 Å². The van der Waals surface area contributed by atoms with Crippen LogP contribution in [0.15, 0.2) is 66.9 Å². The molecule has 1 N–H and O–H groups in total. The van der Waals surface area contributed by atoms with Crippen LogP contribution in [0.25, 0.3) is 39.0 Å². The molecule has 0 atom stereocenters. The van der Waals surface area contributed by atoms with Crippen LogP contribution < -0.4 is 19.5 Å². The third kappa shape index (κ3) is 6.81. The summed E-state index contributed by atoms with van der Waals surface area (Å²) in [5, 5.41) is 9.27. The van der Waals surface area contributed by atoms with Gasteiger partial charge in [-0.3, -0.25) is 4.79 Å². The molecular weight excluding hydrogens is 592 g/mol. The second kappa shape index (κ2) is 15.0. The molecule has 45 heavy (non-hydrogen) atoms. The predicted molar refractivity (Wildman–Crippen MR) is 177 cm³/mol. The maximum Gasteiger partial charge on any atom is 0.218 e. The minimum Gasteiger partial charge on any atom is -0.496 e. The van der Waals surface area contributed by atoms with E-state index in [0.717, 1.165) is 52.1 Å². The van der Waals surface area contributed by atoms with E-state index in [4.69, 9.17) is 35.5 Å². The maximum atomic E-state index is 11.6. The molecule has 1 saturated heterocycles. The fraction of sp³-hybridized carbons (Fsp3) is 0.286. The average Bonchev–Trinajstić information content (AvgIpc) is 3.54. The number of ether oxygens (including phenoxy) is 4. The van der Waals surface area contributed by atoms with Crippen molar-refractivity contribution >= 4 is 28.8 Å². The third-order valence-corrected chi connectivity index (χ3v) is 8.05. The molecule has 0 saturated carbocycles. The predicted octanol–water partition coefficient (Wildman–Crippen LogP) is 7.15. The van der Waals surface area contributed by atoms with E-state index in [1.807, 2.05) is 55.6 Å². The van der Waals surface area contributed by atoms with Crippen LogP contribution in [-0.2, 0) is 11.3 Å². The van der Waals surface area contributed by atoms with Gasteiger partial charge in [0.25, 0.3) is 0 Å². The van der Waals surface area contributed by atoms with Gasteiger partial charge in [0.1, 0.15) is 11.5 Å². The Morgan fingerprint density at radius 3 is 2.20 bits per heavy atom. The van der Waals surface area contributed by atoms with Crippen molar-refractivity contribution < 1.29 is 23.7 Å². The summed E-state index contributed by atoms with van der Waals surface area (Å²) in [6.07, 6.45) is 6.45. The van der Waals surface area contributed by atoms with Gasteiger partial charge < -0.3 is 24.3 Å². The fourth-order valence-corrected chi connectivity index (χ4v) is 5.73. The molecule has 10 heteroatoms. The van der Waals surface area contributed by atoms with E-state index < -0.39 is 0 Å². The molecule has 9 nitrogen and oxygen atoms in total. The number of nitrogens with one attached hydrogen (secondary N) is 1. The lowest BCUT2D eigenvalue weighted by molar-refractivity contribution is 0.0968. The number of halogens is 1. The Labute approximate surface area is 268 Å². The highest BCUT2D eigenvalue weighted by atomic mass is 35.5. The molecule has 1 aliphatic heterocycles. The topological polar surface area (TPSA) is 96.7 Å². The highest BCUT2D eigenvalue weighted by Gasteiger charge is 2.18. The Bertz CT molecular complexity index is 1750. The smallest absolute Gasteiger partial charge is 0.218 e. The number of carbonyl (C=O) groups is 1. The summed E-state index contributed by atoms with van der Waals surface area (Å²) in [6.45, 7) is 2.64. The minimum absolute atomic E-state index is 0.341. The highest BCUT2D eigenvalue weighted by molar-refractivity contribution is 6.36. The first-order valence-corrected chi connectivity index (χ1v) is 15.2. The monoisotopic (exact) mass is 628 g/mol. The number of nitrogens with zero attached hydrogens (tertiary/aromatic N) is 3. The fourth-order valence-electron chi connectivity index (χ4n) is 5.40. The van der Waals surface area contributed by atoms with Gasteiger partial charge in [0.2, 0.25) is 5.88 Å². The number of aldehydes is 1. The van der Waals surface area contributed by atoms with Gasteiger partial charge in [0.05, 0.1) is 55.0 Å². The minimum atomic E-state index is 0.341. The largest absolute Gasteiger partial charge is 0.496 e. The SMILES string of the molecule is C1CCOCC1.CNCc1ccc(-c2cccc(-c3cccc4c3cnn4-c3cc(OC)c(C=O)c(OC)c3)c2Cl)nc1OC. The number of pyridine rings is 1. The second-order valence-corrected chi connectivity index (χ2v) is 10.8. The first-order chi connectivity index (χ1) is 22.0. The number of fused-ring (bicyclic) bond motifs is 1. The Morgan fingerprint density at radius 2 is 1.60 bits per heavy atom. The molecule has 0 bridgehead atoms. The van der Waals surface area contributed by atoms with Gasteiger partial charge in [-0.05, 0) is 44.0 Å². The molecule has 2 aromatic heterocycles. The van der Waals surface area contributed by atoms with Crippen molar-refractivity contribution in [3.63, 3.8) is 0 Å². The number of methoxy groups -OCH3 is 3.